The summed E-state index contributed by atoms with van der Waals surface area (Å²) >= 11 is 0. The third-order valence-corrected chi connectivity index (χ3v) is 5.30. The number of ketones is 1. The third-order valence-electron chi connectivity index (χ3n) is 2.47. The Labute approximate surface area is 81.6 Å². The number of carbonyl (C=O) groups is 1. The van der Waals surface area contributed by atoms with Crippen molar-refractivity contribution < 1.29 is 4.79 Å². The molecular weight excluding hydrogens is 180 g/mol. The van der Waals surface area contributed by atoms with Crippen LogP contribution in [0.2, 0.25) is 0 Å². The lowest BCUT2D eigenvalue weighted by Gasteiger charge is -2.23. The predicted molar refractivity (Wildman–Crippen MR) is 59.3 cm³/mol. The van der Waals surface area contributed by atoms with Crippen LogP contribution in [0.5, 0.6) is 0 Å². The molecule has 0 bridgehead atoms. The van der Waals surface area contributed by atoms with Gasteiger partial charge in [0.2, 0.25) is 0 Å². The normalized spacial score (nSPS) is 28.8. The quantitative estimate of drug-likeness (QED) is 0.634. The predicted octanol–water partition coefficient (Wildman–Crippen LogP) is 2.36. The second-order valence-corrected chi connectivity index (χ2v) is 6.46. The molecule has 1 aliphatic heterocycles. The van der Waals surface area contributed by atoms with Gasteiger partial charge >= 0.3 is 0 Å². The second kappa shape index (κ2) is 3.18. The first-order valence-electron chi connectivity index (χ1n) is 4.60. The molecule has 0 N–H and O–H groups in total. The molecule has 2 rings (SSSR count). The van der Waals surface area contributed by atoms with Gasteiger partial charge in [0.25, 0.3) is 0 Å². The Kier molecular flexibility index (Phi) is 2.16. The van der Waals surface area contributed by atoms with Crippen LogP contribution in [0.4, 0.5) is 0 Å². The minimum Gasteiger partial charge on any atom is -0.289 e. The van der Waals surface area contributed by atoms with Crippen molar-refractivity contribution in [3.63, 3.8) is 0 Å². The highest BCUT2D eigenvalue weighted by atomic mass is 32.2. The highest BCUT2D eigenvalue weighted by Gasteiger charge is 2.26. The maximum atomic E-state index is 11.5. The Morgan fingerprint density at radius 3 is 2.92 bits per heavy atom. The van der Waals surface area contributed by atoms with E-state index < -0.39 is 0 Å². The van der Waals surface area contributed by atoms with Crippen LogP contribution >= 0.6 is 10.9 Å². The number of fused-ring (bicyclic) bond motifs is 1. The van der Waals surface area contributed by atoms with Crippen LogP contribution in [0.15, 0.2) is 34.8 Å². The summed E-state index contributed by atoms with van der Waals surface area (Å²) in [6, 6.07) is 0. The van der Waals surface area contributed by atoms with Gasteiger partial charge in [-0.25, -0.2) is 10.9 Å². The van der Waals surface area contributed by atoms with Crippen molar-refractivity contribution in [2.24, 2.45) is 0 Å². The molecular formula is C11H14OS. The number of thiol groups is 1. The van der Waals surface area contributed by atoms with E-state index in [1.807, 2.05) is 6.08 Å². The SMILES string of the molecule is CC(C)[SH]1CC=C2C(=O)C=CC=C21. The first-order chi connectivity index (χ1) is 6.20. The molecule has 0 aromatic heterocycles. The van der Waals surface area contributed by atoms with Gasteiger partial charge in [-0.05, 0) is 28.1 Å². The molecule has 0 aromatic carbocycles. The van der Waals surface area contributed by atoms with Gasteiger partial charge in [0.15, 0.2) is 5.78 Å². The van der Waals surface area contributed by atoms with E-state index in [1.165, 1.54) is 4.91 Å². The number of hydrogen-bond donors (Lipinski definition) is 1. The summed E-state index contributed by atoms with van der Waals surface area (Å²) < 4.78 is 0. The maximum absolute atomic E-state index is 11.5. The van der Waals surface area contributed by atoms with Crippen molar-refractivity contribution >= 4 is 16.7 Å². The monoisotopic (exact) mass is 194 g/mol. The molecule has 1 unspecified atom stereocenters. The van der Waals surface area contributed by atoms with E-state index in [4.69, 9.17) is 0 Å². The van der Waals surface area contributed by atoms with Crippen LogP contribution in [0.3, 0.4) is 0 Å². The molecule has 2 aliphatic rings. The number of hydrogen-bond acceptors (Lipinski definition) is 1. The number of carbonyl (C=O) groups excluding carboxylic acids is 1. The maximum Gasteiger partial charge on any atom is 0.186 e. The third kappa shape index (κ3) is 1.39. The molecule has 0 saturated heterocycles. The lowest BCUT2D eigenvalue weighted by molar-refractivity contribution is -0.111. The van der Waals surface area contributed by atoms with E-state index in [0.717, 1.165) is 11.3 Å². The molecule has 2 heteroatoms. The smallest absolute Gasteiger partial charge is 0.186 e. The molecule has 1 nitrogen and oxygen atoms in total. The van der Waals surface area contributed by atoms with Gasteiger partial charge < -0.3 is 0 Å². The Hall–Kier alpha value is -0.760. The lowest BCUT2D eigenvalue weighted by atomic mass is 10.1. The zero-order valence-electron chi connectivity index (χ0n) is 7.95. The molecule has 1 aliphatic carbocycles. The van der Waals surface area contributed by atoms with Gasteiger partial charge in [-0.1, -0.05) is 26.0 Å². The van der Waals surface area contributed by atoms with Crippen LogP contribution in [0.1, 0.15) is 13.8 Å². The summed E-state index contributed by atoms with van der Waals surface area (Å²) in [6.07, 6.45) is 7.78. The van der Waals surface area contributed by atoms with E-state index in [2.05, 4.69) is 26.0 Å². The van der Waals surface area contributed by atoms with E-state index in [0.29, 0.717) is 5.25 Å². The fourth-order valence-electron chi connectivity index (χ4n) is 1.77. The van der Waals surface area contributed by atoms with Crippen LogP contribution in [0.25, 0.3) is 0 Å². The average Bonchev–Trinajstić information content (AvgIpc) is 2.48. The van der Waals surface area contributed by atoms with Crippen molar-refractivity contribution in [3.05, 3.63) is 34.8 Å². The molecule has 70 valence electrons. The minimum absolute atomic E-state index is 0.0917. The largest absolute Gasteiger partial charge is 0.289 e. The molecule has 0 radical (unpaired) electrons. The number of rotatable bonds is 1. The molecule has 0 saturated carbocycles. The fourth-order valence-corrected chi connectivity index (χ4v) is 4.11. The summed E-state index contributed by atoms with van der Waals surface area (Å²) in [5.74, 6) is 1.30. The van der Waals surface area contributed by atoms with Crippen LogP contribution in [-0.4, -0.2) is 16.8 Å². The summed E-state index contributed by atoms with van der Waals surface area (Å²) in [5, 5.41) is 0.689. The van der Waals surface area contributed by atoms with Crippen LogP contribution in [0, 0.1) is 0 Å². The zero-order valence-corrected chi connectivity index (χ0v) is 8.84. The van der Waals surface area contributed by atoms with Gasteiger partial charge in [-0.15, -0.1) is 0 Å². The zero-order chi connectivity index (χ0) is 9.42. The Morgan fingerprint density at radius 2 is 2.23 bits per heavy atom. The molecule has 1 atom stereocenters. The van der Waals surface area contributed by atoms with Crippen LogP contribution in [-0.2, 0) is 4.79 Å². The first kappa shape index (κ1) is 8.82. The average molecular weight is 194 g/mol. The molecule has 1 heterocycles. The Morgan fingerprint density at radius 1 is 1.46 bits per heavy atom. The lowest BCUT2D eigenvalue weighted by Crippen LogP contribution is -2.05. The molecule has 0 fully saturated rings. The summed E-state index contributed by atoms with van der Waals surface area (Å²) in [7, 11) is -0.0917. The van der Waals surface area contributed by atoms with Gasteiger partial charge in [-0.2, -0.15) is 0 Å². The summed E-state index contributed by atoms with van der Waals surface area (Å²) in [5.41, 5.74) is 0.974. The highest BCUT2D eigenvalue weighted by molar-refractivity contribution is 8.21. The summed E-state index contributed by atoms with van der Waals surface area (Å²) in [4.78, 5) is 12.8. The molecule has 0 amide bonds. The van der Waals surface area contributed by atoms with Crippen molar-refractivity contribution in [3.8, 4) is 0 Å². The fraction of sp³-hybridized carbons (Fsp3) is 0.364. The van der Waals surface area contributed by atoms with E-state index >= 15 is 0 Å². The Bertz CT molecular complexity index is 334. The molecule has 0 spiro atoms. The van der Waals surface area contributed by atoms with Gasteiger partial charge in [0.05, 0.1) is 0 Å². The summed E-state index contributed by atoms with van der Waals surface area (Å²) in [6.45, 7) is 4.48. The van der Waals surface area contributed by atoms with Crippen molar-refractivity contribution in [1.82, 2.24) is 0 Å². The number of allylic oxidation sites excluding steroid dienone is 4. The molecule has 0 aromatic rings. The van der Waals surface area contributed by atoms with Gasteiger partial charge in [-0.3, -0.25) is 4.79 Å². The second-order valence-electron chi connectivity index (χ2n) is 3.64. The molecule has 13 heavy (non-hydrogen) atoms. The van der Waals surface area contributed by atoms with E-state index in [9.17, 15) is 4.79 Å². The van der Waals surface area contributed by atoms with Crippen molar-refractivity contribution in [2.45, 2.75) is 19.1 Å². The van der Waals surface area contributed by atoms with E-state index in [-0.39, 0.29) is 16.7 Å². The standard InChI is InChI=1S/C11H14OS/c1-8(2)13-7-6-9-10(12)4-3-5-11(9)13/h3-6,8,13H,7H2,1-2H3. The minimum atomic E-state index is -0.0917. The highest BCUT2D eigenvalue weighted by Crippen LogP contribution is 2.49. The van der Waals surface area contributed by atoms with Crippen molar-refractivity contribution in [2.75, 3.05) is 5.75 Å². The van der Waals surface area contributed by atoms with Gasteiger partial charge in [0.1, 0.15) is 0 Å². The topological polar surface area (TPSA) is 17.1 Å². The van der Waals surface area contributed by atoms with E-state index in [1.54, 1.807) is 6.08 Å². The first-order valence-corrected chi connectivity index (χ1v) is 6.19. The Balaban J connectivity index is 2.34. The van der Waals surface area contributed by atoms with Gasteiger partial charge in [0, 0.05) is 5.57 Å². The van der Waals surface area contributed by atoms with Crippen molar-refractivity contribution in [1.29, 1.82) is 0 Å². The van der Waals surface area contributed by atoms with Crippen LogP contribution < -0.4 is 0 Å².